The molecule has 13 heavy (non-hydrogen) atoms. The normalized spacial score (nSPS) is 16.5. The Hall–Kier alpha value is -0.820. The number of allylic oxidation sites excluding steroid dienone is 6. The van der Waals surface area contributed by atoms with E-state index in [0.29, 0.717) is 0 Å². The molecule has 0 spiro atoms. The Morgan fingerprint density at radius 2 is 2.31 bits per heavy atom. The maximum atomic E-state index is 5.02. The first kappa shape index (κ1) is 10.3. The topological polar surface area (TPSA) is 9.23 Å². The van der Waals surface area contributed by atoms with E-state index < -0.39 is 0 Å². The highest BCUT2D eigenvalue weighted by molar-refractivity contribution is 5.29. The minimum atomic E-state index is 0.859. The maximum absolute atomic E-state index is 5.02. The molecule has 0 aromatic rings. The van der Waals surface area contributed by atoms with E-state index in [4.69, 9.17) is 4.74 Å². The molecule has 1 rings (SSSR count). The maximum Gasteiger partial charge on any atom is 0.0465 e. The molecule has 1 nitrogen and oxygen atoms in total. The summed E-state index contributed by atoms with van der Waals surface area (Å²) in [5, 5.41) is 0. The van der Waals surface area contributed by atoms with Gasteiger partial charge in [0.1, 0.15) is 0 Å². The zero-order valence-corrected chi connectivity index (χ0v) is 8.55. The Bertz CT molecular complexity index is 234. The van der Waals surface area contributed by atoms with Crippen LogP contribution in [0.4, 0.5) is 0 Å². The lowest BCUT2D eigenvalue weighted by Gasteiger charge is -2.00. The van der Waals surface area contributed by atoms with Crippen LogP contribution in [-0.4, -0.2) is 13.7 Å². The van der Waals surface area contributed by atoms with Gasteiger partial charge in [-0.25, -0.2) is 0 Å². The summed E-state index contributed by atoms with van der Waals surface area (Å²) < 4.78 is 5.02. The summed E-state index contributed by atoms with van der Waals surface area (Å²) in [5.74, 6) is 0. The lowest BCUT2D eigenvalue weighted by atomic mass is 10.1. The molecule has 0 aromatic heterocycles. The van der Waals surface area contributed by atoms with Crippen molar-refractivity contribution in [1.82, 2.24) is 0 Å². The molecular formula is C12H18O. The number of hydrogen-bond acceptors (Lipinski definition) is 1. The standard InChI is InChI=1S/C12H18O/c1-11-5-3-6-12(9-8-11)7-4-10-13-2/h3,5-6,9H,4,7-8,10H2,1-2H3. The summed E-state index contributed by atoms with van der Waals surface area (Å²) in [6.07, 6.45) is 12.2. The van der Waals surface area contributed by atoms with Crippen LogP contribution in [0.1, 0.15) is 26.2 Å². The molecule has 0 unspecified atom stereocenters. The summed E-state index contributed by atoms with van der Waals surface area (Å²) in [7, 11) is 1.75. The van der Waals surface area contributed by atoms with Crippen molar-refractivity contribution < 1.29 is 4.74 Å². The van der Waals surface area contributed by atoms with Crippen LogP contribution in [0.15, 0.2) is 35.5 Å². The molecule has 0 radical (unpaired) electrons. The van der Waals surface area contributed by atoms with Gasteiger partial charge in [0, 0.05) is 13.7 Å². The number of ether oxygens (including phenoxy) is 1. The monoisotopic (exact) mass is 178 g/mol. The van der Waals surface area contributed by atoms with Crippen LogP contribution >= 0.6 is 0 Å². The van der Waals surface area contributed by atoms with Gasteiger partial charge in [-0.15, -0.1) is 0 Å². The van der Waals surface area contributed by atoms with Crippen LogP contribution < -0.4 is 0 Å². The highest BCUT2D eigenvalue weighted by Crippen LogP contribution is 2.14. The smallest absolute Gasteiger partial charge is 0.0465 e. The van der Waals surface area contributed by atoms with E-state index in [1.807, 2.05) is 0 Å². The highest BCUT2D eigenvalue weighted by Gasteiger charge is 1.96. The molecule has 0 bridgehead atoms. The Kier molecular flexibility index (Phi) is 4.55. The summed E-state index contributed by atoms with van der Waals surface area (Å²) in [5.41, 5.74) is 2.86. The summed E-state index contributed by atoms with van der Waals surface area (Å²) >= 11 is 0. The molecular weight excluding hydrogens is 160 g/mol. The van der Waals surface area contributed by atoms with Gasteiger partial charge in [-0.3, -0.25) is 0 Å². The van der Waals surface area contributed by atoms with Gasteiger partial charge in [0.25, 0.3) is 0 Å². The molecule has 0 aliphatic heterocycles. The van der Waals surface area contributed by atoms with E-state index in [1.165, 1.54) is 11.1 Å². The SMILES string of the molecule is COCCCC1=CCC(C)=CC=C1. The molecule has 72 valence electrons. The number of methoxy groups -OCH3 is 1. The van der Waals surface area contributed by atoms with Crippen molar-refractivity contribution in [1.29, 1.82) is 0 Å². The molecule has 1 aliphatic rings. The minimum Gasteiger partial charge on any atom is -0.385 e. The predicted octanol–water partition coefficient (Wildman–Crippen LogP) is 3.25. The summed E-state index contributed by atoms with van der Waals surface area (Å²) in [6, 6.07) is 0. The Morgan fingerprint density at radius 1 is 1.46 bits per heavy atom. The van der Waals surface area contributed by atoms with Crippen molar-refractivity contribution in [3.05, 3.63) is 35.5 Å². The molecule has 0 aromatic carbocycles. The van der Waals surface area contributed by atoms with Crippen LogP contribution in [0.25, 0.3) is 0 Å². The van der Waals surface area contributed by atoms with Gasteiger partial charge >= 0.3 is 0 Å². The first-order chi connectivity index (χ1) is 6.33. The van der Waals surface area contributed by atoms with Gasteiger partial charge in [-0.05, 0) is 26.2 Å². The van der Waals surface area contributed by atoms with Crippen molar-refractivity contribution in [2.24, 2.45) is 0 Å². The summed E-state index contributed by atoms with van der Waals surface area (Å²) in [6.45, 7) is 3.02. The highest BCUT2D eigenvalue weighted by atomic mass is 16.5. The second kappa shape index (κ2) is 5.76. The van der Waals surface area contributed by atoms with Crippen molar-refractivity contribution in [2.75, 3.05) is 13.7 Å². The molecule has 0 atom stereocenters. The van der Waals surface area contributed by atoms with Gasteiger partial charge < -0.3 is 4.74 Å². The van der Waals surface area contributed by atoms with Crippen LogP contribution in [-0.2, 0) is 4.74 Å². The molecule has 0 amide bonds. The third-order valence-corrected chi connectivity index (χ3v) is 2.19. The van der Waals surface area contributed by atoms with Crippen molar-refractivity contribution >= 4 is 0 Å². The molecule has 0 saturated carbocycles. The van der Waals surface area contributed by atoms with Gasteiger partial charge in [-0.2, -0.15) is 0 Å². The first-order valence-electron chi connectivity index (χ1n) is 4.84. The van der Waals surface area contributed by atoms with E-state index in [2.05, 4.69) is 31.2 Å². The fourth-order valence-corrected chi connectivity index (χ4v) is 1.37. The third kappa shape index (κ3) is 4.09. The van der Waals surface area contributed by atoms with Crippen molar-refractivity contribution in [3.8, 4) is 0 Å². The largest absolute Gasteiger partial charge is 0.385 e. The van der Waals surface area contributed by atoms with E-state index in [0.717, 1.165) is 25.9 Å². The minimum absolute atomic E-state index is 0.859. The second-order valence-corrected chi connectivity index (χ2v) is 3.45. The number of rotatable bonds is 4. The van der Waals surface area contributed by atoms with Crippen molar-refractivity contribution in [3.63, 3.8) is 0 Å². The molecule has 1 heteroatoms. The molecule has 0 N–H and O–H groups in total. The van der Waals surface area contributed by atoms with Crippen LogP contribution in [0.2, 0.25) is 0 Å². The lowest BCUT2D eigenvalue weighted by Crippen LogP contribution is -1.89. The average molecular weight is 178 g/mol. The van der Waals surface area contributed by atoms with Crippen molar-refractivity contribution in [2.45, 2.75) is 26.2 Å². The van der Waals surface area contributed by atoms with Crippen LogP contribution in [0, 0.1) is 0 Å². The predicted molar refractivity (Wildman–Crippen MR) is 56.7 cm³/mol. The van der Waals surface area contributed by atoms with E-state index in [-0.39, 0.29) is 0 Å². The van der Waals surface area contributed by atoms with Gasteiger partial charge in [-0.1, -0.05) is 35.5 Å². The zero-order chi connectivity index (χ0) is 9.52. The van der Waals surface area contributed by atoms with Gasteiger partial charge in [0.2, 0.25) is 0 Å². The van der Waals surface area contributed by atoms with Gasteiger partial charge in [0.15, 0.2) is 0 Å². The quantitative estimate of drug-likeness (QED) is 0.600. The van der Waals surface area contributed by atoms with E-state index in [9.17, 15) is 0 Å². The Balaban J connectivity index is 2.35. The number of hydrogen-bond donors (Lipinski definition) is 0. The third-order valence-electron chi connectivity index (χ3n) is 2.19. The van der Waals surface area contributed by atoms with E-state index in [1.54, 1.807) is 7.11 Å². The Morgan fingerprint density at radius 3 is 3.08 bits per heavy atom. The fraction of sp³-hybridized carbons (Fsp3) is 0.500. The molecule has 1 aliphatic carbocycles. The van der Waals surface area contributed by atoms with Crippen LogP contribution in [0.5, 0.6) is 0 Å². The second-order valence-electron chi connectivity index (χ2n) is 3.45. The Labute approximate surface area is 80.8 Å². The molecule has 0 saturated heterocycles. The van der Waals surface area contributed by atoms with Crippen LogP contribution in [0.3, 0.4) is 0 Å². The first-order valence-corrected chi connectivity index (χ1v) is 4.84. The lowest BCUT2D eigenvalue weighted by molar-refractivity contribution is 0.195. The zero-order valence-electron chi connectivity index (χ0n) is 8.55. The molecule has 0 fully saturated rings. The summed E-state index contributed by atoms with van der Waals surface area (Å²) in [4.78, 5) is 0. The van der Waals surface area contributed by atoms with E-state index >= 15 is 0 Å². The molecule has 0 heterocycles. The van der Waals surface area contributed by atoms with Gasteiger partial charge in [0.05, 0.1) is 0 Å². The fourth-order valence-electron chi connectivity index (χ4n) is 1.37. The average Bonchev–Trinajstić information content (AvgIpc) is 2.32.